The van der Waals surface area contributed by atoms with Gasteiger partial charge in [0, 0.05) is 19.4 Å². The van der Waals surface area contributed by atoms with Crippen LogP contribution in [0.3, 0.4) is 0 Å². The minimum absolute atomic E-state index is 0.102. The van der Waals surface area contributed by atoms with Gasteiger partial charge in [-0.2, -0.15) is 0 Å². The quantitative estimate of drug-likeness (QED) is 0.764. The van der Waals surface area contributed by atoms with Gasteiger partial charge in [-0.05, 0) is 56.5 Å². The standard InChI is InChI=1S/C17H23FN4O/c18-13-2-3-14-15(11-13)22-16(21-14)7-10-20-17(23)4-1-12-5-8-19-9-6-12/h2-3,11-12,19H,1,4-10H2,(H,20,23)(H,21,22). The second kappa shape index (κ2) is 7.55. The number of nitrogens with zero attached hydrogens (tertiary/aromatic N) is 1. The first-order valence-electron chi connectivity index (χ1n) is 8.32. The Balaban J connectivity index is 1.40. The number of piperidine rings is 1. The van der Waals surface area contributed by atoms with Gasteiger partial charge < -0.3 is 15.6 Å². The minimum atomic E-state index is -0.279. The van der Waals surface area contributed by atoms with Crippen molar-refractivity contribution < 1.29 is 9.18 Å². The summed E-state index contributed by atoms with van der Waals surface area (Å²) in [5, 5.41) is 6.27. The number of imidazole rings is 1. The van der Waals surface area contributed by atoms with Gasteiger partial charge >= 0.3 is 0 Å². The number of H-pyrrole nitrogens is 1. The highest BCUT2D eigenvalue weighted by atomic mass is 19.1. The van der Waals surface area contributed by atoms with Crippen LogP contribution in [0, 0.1) is 11.7 Å². The molecule has 2 heterocycles. The van der Waals surface area contributed by atoms with Gasteiger partial charge in [0.15, 0.2) is 0 Å². The lowest BCUT2D eigenvalue weighted by Gasteiger charge is -2.22. The summed E-state index contributed by atoms with van der Waals surface area (Å²) in [5.74, 6) is 1.26. The van der Waals surface area contributed by atoms with Gasteiger partial charge in [0.1, 0.15) is 11.6 Å². The molecule has 1 aromatic carbocycles. The summed E-state index contributed by atoms with van der Waals surface area (Å²) in [6, 6.07) is 4.49. The van der Waals surface area contributed by atoms with Crippen LogP contribution in [-0.2, 0) is 11.2 Å². The van der Waals surface area contributed by atoms with Crippen molar-refractivity contribution in [3.63, 3.8) is 0 Å². The smallest absolute Gasteiger partial charge is 0.220 e. The summed E-state index contributed by atoms with van der Waals surface area (Å²) in [4.78, 5) is 19.4. The topological polar surface area (TPSA) is 69.8 Å². The van der Waals surface area contributed by atoms with Gasteiger partial charge in [0.05, 0.1) is 11.0 Å². The summed E-state index contributed by atoms with van der Waals surface area (Å²) in [6.45, 7) is 2.69. The summed E-state index contributed by atoms with van der Waals surface area (Å²) >= 11 is 0. The highest BCUT2D eigenvalue weighted by molar-refractivity contribution is 5.76. The molecule has 23 heavy (non-hydrogen) atoms. The highest BCUT2D eigenvalue weighted by Gasteiger charge is 2.14. The molecule has 5 nitrogen and oxygen atoms in total. The van der Waals surface area contributed by atoms with E-state index < -0.39 is 0 Å². The van der Waals surface area contributed by atoms with Crippen LogP contribution in [-0.4, -0.2) is 35.5 Å². The summed E-state index contributed by atoms with van der Waals surface area (Å²) in [7, 11) is 0. The van der Waals surface area contributed by atoms with E-state index in [2.05, 4.69) is 20.6 Å². The monoisotopic (exact) mass is 318 g/mol. The molecular weight excluding hydrogens is 295 g/mol. The molecule has 1 amide bonds. The Morgan fingerprint density at radius 1 is 1.35 bits per heavy atom. The fraction of sp³-hybridized carbons (Fsp3) is 0.529. The average molecular weight is 318 g/mol. The molecule has 124 valence electrons. The minimum Gasteiger partial charge on any atom is -0.356 e. The number of rotatable bonds is 6. The Hall–Kier alpha value is -1.95. The number of carbonyl (C=O) groups excluding carboxylic acids is 1. The number of nitrogens with one attached hydrogen (secondary N) is 3. The summed E-state index contributed by atoms with van der Waals surface area (Å²) in [5.41, 5.74) is 1.44. The maximum absolute atomic E-state index is 13.1. The lowest BCUT2D eigenvalue weighted by atomic mass is 9.93. The van der Waals surface area contributed by atoms with Gasteiger partial charge in [-0.1, -0.05) is 0 Å². The highest BCUT2D eigenvalue weighted by Crippen LogP contribution is 2.17. The number of amides is 1. The third-order valence-electron chi connectivity index (χ3n) is 4.42. The molecular formula is C17H23FN4O. The van der Waals surface area contributed by atoms with Crippen molar-refractivity contribution in [2.24, 2.45) is 5.92 Å². The molecule has 1 fully saturated rings. The third-order valence-corrected chi connectivity index (χ3v) is 4.42. The summed E-state index contributed by atoms with van der Waals surface area (Å²) in [6.07, 6.45) is 4.52. The Kier molecular flexibility index (Phi) is 5.23. The first kappa shape index (κ1) is 15.9. The fourth-order valence-electron chi connectivity index (χ4n) is 3.07. The molecule has 0 saturated carbocycles. The van der Waals surface area contributed by atoms with Gasteiger partial charge in [0.2, 0.25) is 5.91 Å². The molecule has 1 aromatic heterocycles. The van der Waals surface area contributed by atoms with Crippen molar-refractivity contribution in [3.8, 4) is 0 Å². The van der Waals surface area contributed by atoms with Gasteiger partial charge in [-0.3, -0.25) is 4.79 Å². The second-order valence-electron chi connectivity index (χ2n) is 6.18. The number of aromatic amines is 1. The number of aromatic nitrogens is 2. The maximum atomic E-state index is 13.1. The zero-order valence-electron chi connectivity index (χ0n) is 13.2. The van der Waals surface area contributed by atoms with Crippen molar-refractivity contribution in [2.45, 2.75) is 32.1 Å². The lowest BCUT2D eigenvalue weighted by Crippen LogP contribution is -2.30. The van der Waals surface area contributed by atoms with Crippen molar-refractivity contribution >= 4 is 16.9 Å². The molecule has 6 heteroatoms. The second-order valence-corrected chi connectivity index (χ2v) is 6.18. The number of carbonyl (C=O) groups is 1. The number of hydrogen-bond acceptors (Lipinski definition) is 3. The van der Waals surface area contributed by atoms with E-state index in [4.69, 9.17) is 0 Å². The molecule has 0 radical (unpaired) electrons. The number of benzene rings is 1. The number of fused-ring (bicyclic) bond motifs is 1. The zero-order chi connectivity index (χ0) is 16.1. The van der Waals surface area contributed by atoms with Crippen LogP contribution in [0.25, 0.3) is 11.0 Å². The number of hydrogen-bond donors (Lipinski definition) is 3. The molecule has 1 saturated heterocycles. The van der Waals surface area contributed by atoms with Crippen LogP contribution in [0.15, 0.2) is 18.2 Å². The van der Waals surface area contributed by atoms with E-state index in [9.17, 15) is 9.18 Å². The van der Waals surface area contributed by atoms with E-state index in [0.29, 0.717) is 30.8 Å². The van der Waals surface area contributed by atoms with E-state index in [1.807, 2.05) is 0 Å². The molecule has 0 unspecified atom stereocenters. The van der Waals surface area contributed by atoms with Gasteiger partial charge in [-0.15, -0.1) is 0 Å². The van der Waals surface area contributed by atoms with Crippen LogP contribution in [0.2, 0.25) is 0 Å². The Bertz CT molecular complexity index is 664. The van der Waals surface area contributed by atoms with Crippen molar-refractivity contribution in [1.82, 2.24) is 20.6 Å². The van der Waals surface area contributed by atoms with Crippen LogP contribution in [0.4, 0.5) is 4.39 Å². The first-order valence-corrected chi connectivity index (χ1v) is 8.32. The predicted molar refractivity (Wildman–Crippen MR) is 87.6 cm³/mol. The van der Waals surface area contributed by atoms with Crippen LogP contribution >= 0.6 is 0 Å². The first-order chi connectivity index (χ1) is 11.2. The lowest BCUT2D eigenvalue weighted by molar-refractivity contribution is -0.121. The molecule has 1 aliphatic heterocycles. The molecule has 0 bridgehead atoms. The third kappa shape index (κ3) is 4.51. The Morgan fingerprint density at radius 2 is 2.17 bits per heavy atom. The molecule has 0 aliphatic carbocycles. The number of halogens is 1. The molecule has 3 N–H and O–H groups in total. The maximum Gasteiger partial charge on any atom is 0.220 e. The summed E-state index contributed by atoms with van der Waals surface area (Å²) < 4.78 is 13.1. The van der Waals surface area contributed by atoms with Crippen LogP contribution < -0.4 is 10.6 Å². The zero-order valence-corrected chi connectivity index (χ0v) is 13.2. The average Bonchev–Trinajstić information content (AvgIpc) is 2.95. The van der Waals surface area contributed by atoms with Gasteiger partial charge in [0.25, 0.3) is 0 Å². The normalized spacial score (nSPS) is 15.9. The van der Waals surface area contributed by atoms with E-state index in [-0.39, 0.29) is 11.7 Å². The predicted octanol–water partition coefficient (Wildman–Crippen LogP) is 2.14. The van der Waals surface area contributed by atoms with Crippen LogP contribution in [0.1, 0.15) is 31.5 Å². The Labute approximate surface area is 135 Å². The van der Waals surface area contributed by atoms with Crippen LogP contribution in [0.5, 0.6) is 0 Å². The molecule has 0 atom stereocenters. The van der Waals surface area contributed by atoms with Crippen molar-refractivity contribution in [3.05, 3.63) is 29.8 Å². The molecule has 1 aliphatic rings. The van der Waals surface area contributed by atoms with E-state index in [1.54, 1.807) is 6.07 Å². The van der Waals surface area contributed by atoms with Crippen molar-refractivity contribution in [2.75, 3.05) is 19.6 Å². The van der Waals surface area contributed by atoms with E-state index >= 15 is 0 Å². The Morgan fingerprint density at radius 3 is 3.00 bits per heavy atom. The van der Waals surface area contributed by atoms with Gasteiger partial charge in [-0.25, -0.2) is 9.37 Å². The molecule has 3 rings (SSSR count). The fourth-order valence-corrected chi connectivity index (χ4v) is 3.07. The van der Waals surface area contributed by atoms with E-state index in [1.165, 1.54) is 25.0 Å². The molecule has 2 aromatic rings. The van der Waals surface area contributed by atoms with Crippen molar-refractivity contribution in [1.29, 1.82) is 0 Å². The van der Waals surface area contributed by atoms with E-state index in [0.717, 1.165) is 30.9 Å². The largest absolute Gasteiger partial charge is 0.356 e. The SMILES string of the molecule is O=C(CCC1CCNCC1)NCCc1nc2ccc(F)cc2[nH]1. The molecule has 0 spiro atoms.